The first-order chi connectivity index (χ1) is 14.4. The van der Waals surface area contributed by atoms with Crippen LogP contribution in [-0.4, -0.2) is 32.5 Å². The summed E-state index contributed by atoms with van der Waals surface area (Å²) >= 11 is 0. The lowest BCUT2D eigenvalue weighted by Crippen LogP contribution is -2.11. The Kier molecular flexibility index (Phi) is 7.11. The van der Waals surface area contributed by atoms with Crippen LogP contribution in [0.5, 0.6) is 0 Å². The molecule has 1 unspecified atom stereocenters. The second-order valence-electron chi connectivity index (χ2n) is 7.10. The van der Waals surface area contributed by atoms with E-state index in [0.717, 1.165) is 23.1 Å². The normalized spacial score (nSPS) is 16.3. The van der Waals surface area contributed by atoms with Crippen molar-refractivity contribution < 1.29 is 27.4 Å². The number of carbonyl (C=O) groups excluding carboxylic acids is 1. The fraction of sp³-hybridized carbons (Fsp3) is 0.292. The van der Waals surface area contributed by atoms with Crippen molar-refractivity contribution in [2.45, 2.75) is 24.9 Å². The smallest absolute Gasteiger partial charge is 0.393 e. The average Bonchev–Trinajstić information content (AvgIpc) is 2.73. The molecule has 158 valence electrons. The number of hydrogen-bond acceptors (Lipinski definition) is 3. The fourth-order valence-electron chi connectivity index (χ4n) is 3.30. The van der Waals surface area contributed by atoms with Crippen LogP contribution in [0, 0.1) is 0 Å². The Hall–Kier alpha value is -2.86. The summed E-state index contributed by atoms with van der Waals surface area (Å²) in [7, 11) is 1.54. The number of rotatable bonds is 7. The molecule has 0 radical (unpaired) electrons. The highest BCUT2D eigenvalue weighted by molar-refractivity contribution is 5.89. The minimum absolute atomic E-state index is 0.178. The van der Waals surface area contributed by atoms with Crippen LogP contribution < -0.4 is 0 Å². The van der Waals surface area contributed by atoms with E-state index in [9.17, 15) is 18.0 Å². The molecule has 0 saturated carbocycles. The van der Waals surface area contributed by atoms with Crippen molar-refractivity contribution in [2.75, 3.05) is 20.3 Å². The number of carbonyl (C=O) groups is 1. The number of methoxy groups -OCH3 is 1. The Balaban J connectivity index is 1.59. The van der Waals surface area contributed by atoms with E-state index < -0.39 is 12.6 Å². The third kappa shape index (κ3) is 6.07. The molecule has 2 aromatic rings. The Morgan fingerprint density at radius 2 is 1.73 bits per heavy atom. The third-order valence-corrected chi connectivity index (χ3v) is 4.89. The zero-order valence-electron chi connectivity index (χ0n) is 16.6. The van der Waals surface area contributed by atoms with Crippen LogP contribution in [0.4, 0.5) is 13.2 Å². The minimum Gasteiger partial charge on any atom is -0.460 e. The molecular formula is C24H23F3O3. The molecule has 0 spiro atoms. The quantitative estimate of drug-likeness (QED) is 0.428. The summed E-state index contributed by atoms with van der Waals surface area (Å²) in [6, 6.07) is 13.8. The lowest BCUT2D eigenvalue weighted by atomic mass is 9.88. The standard InChI is InChI=1S/C24H23F3O3/c1-29-14-15-30-23(28)22-12-10-21(11-13-22)20-8-6-19(7-9-20)18-4-2-17(3-5-18)16-24(25,26)27/h2-8,10-13,20H,9,14-16H2,1H3. The number of halogens is 3. The monoisotopic (exact) mass is 416 g/mol. The third-order valence-electron chi connectivity index (χ3n) is 4.89. The van der Waals surface area contributed by atoms with Gasteiger partial charge in [0.15, 0.2) is 0 Å². The maximum absolute atomic E-state index is 12.5. The highest BCUT2D eigenvalue weighted by Gasteiger charge is 2.27. The van der Waals surface area contributed by atoms with Gasteiger partial charge >= 0.3 is 12.1 Å². The molecule has 0 bridgehead atoms. The van der Waals surface area contributed by atoms with Crippen molar-refractivity contribution >= 4 is 11.5 Å². The predicted octanol–water partition coefficient (Wildman–Crippen LogP) is 5.72. The number of hydrogen-bond donors (Lipinski definition) is 0. The van der Waals surface area contributed by atoms with E-state index >= 15 is 0 Å². The molecule has 1 aliphatic carbocycles. The lowest BCUT2D eigenvalue weighted by molar-refractivity contribution is -0.127. The average molecular weight is 416 g/mol. The van der Waals surface area contributed by atoms with E-state index in [2.05, 4.69) is 12.2 Å². The van der Waals surface area contributed by atoms with Crippen LogP contribution in [0.3, 0.4) is 0 Å². The molecule has 0 fully saturated rings. The maximum atomic E-state index is 12.5. The van der Waals surface area contributed by atoms with Crippen molar-refractivity contribution in [3.8, 4) is 0 Å². The molecule has 1 aliphatic rings. The van der Waals surface area contributed by atoms with E-state index in [0.29, 0.717) is 12.2 Å². The van der Waals surface area contributed by atoms with E-state index in [-0.39, 0.29) is 24.1 Å². The molecule has 6 heteroatoms. The number of ether oxygens (including phenoxy) is 2. The molecule has 1 atom stereocenters. The first-order valence-electron chi connectivity index (χ1n) is 9.66. The number of allylic oxidation sites excluding steroid dienone is 4. The van der Waals surface area contributed by atoms with Crippen LogP contribution in [0.2, 0.25) is 0 Å². The zero-order valence-corrected chi connectivity index (χ0v) is 16.6. The zero-order chi connectivity index (χ0) is 21.6. The predicted molar refractivity (Wildman–Crippen MR) is 109 cm³/mol. The second-order valence-corrected chi connectivity index (χ2v) is 7.10. The largest absolute Gasteiger partial charge is 0.460 e. The van der Waals surface area contributed by atoms with E-state index in [1.165, 1.54) is 12.1 Å². The van der Waals surface area contributed by atoms with Gasteiger partial charge in [0.1, 0.15) is 6.61 Å². The van der Waals surface area contributed by atoms with Crippen LogP contribution in [0.1, 0.15) is 39.4 Å². The van der Waals surface area contributed by atoms with Gasteiger partial charge in [-0.3, -0.25) is 0 Å². The Morgan fingerprint density at radius 1 is 1.03 bits per heavy atom. The summed E-state index contributed by atoms with van der Waals surface area (Å²) < 4.78 is 47.4. The Bertz CT molecular complexity index is 910. The van der Waals surface area contributed by atoms with Gasteiger partial charge in [-0.25, -0.2) is 4.79 Å². The van der Waals surface area contributed by atoms with Gasteiger partial charge in [0.25, 0.3) is 0 Å². The topological polar surface area (TPSA) is 35.5 Å². The van der Waals surface area contributed by atoms with Crippen LogP contribution in [-0.2, 0) is 15.9 Å². The van der Waals surface area contributed by atoms with Crippen molar-refractivity contribution in [1.29, 1.82) is 0 Å². The van der Waals surface area contributed by atoms with Crippen LogP contribution in [0.25, 0.3) is 5.57 Å². The summed E-state index contributed by atoms with van der Waals surface area (Å²) in [4.78, 5) is 11.9. The molecule has 3 nitrogen and oxygen atoms in total. The minimum atomic E-state index is -4.20. The SMILES string of the molecule is COCCOC(=O)c1ccc(C2C=CC(c3ccc(CC(F)(F)F)cc3)=CC2)cc1. The van der Waals surface area contributed by atoms with Gasteiger partial charge in [0.05, 0.1) is 18.6 Å². The number of esters is 1. The van der Waals surface area contributed by atoms with Gasteiger partial charge < -0.3 is 9.47 Å². The molecule has 0 N–H and O–H groups in total. The summed E-state index contributed by atoms with van der Waals surface area (Å²) in [5.41, 5.74) is 3.71. The molecule has 2 aromatic carbocycles. The molecule has 0 aromatic heterocycles. The van der Waals surface area contributed by atoms with Crippen LogP contribution >= 0.6 is 0 Å². The molecule has 0 heterocycles. The molecule has 0 saturated heterocycles. The van der Waals surface area contributed by atoms with Gasteiger partial charge in [0, 0.05) is 13.0 Å². The van der Waals surface area contributed by atoms with E-state index in [4.69, 9.17) is 9.47 Å². The first-order valence-corrected chi connectivity index (χ1v) is 9.66. The van der Waals surface area contributed by atoms with Gasteiger partial charge in [0.2, 0.25) is 0 Å². The van der Waals surface area contributed by atoms with E-state index in [1.807, 2.05) is 18.2 Å². The summed E-state index contributed by atoms with van der Waals surface area (Å²) in [5.74, 6) is -0.203. The molecule has 0 amide bonds. The lowest BCUT2D eigenvalue weighted by Gasteiger charge is -2.17. The molecule has 3 rings (SSSR count). The summed E-state index contributed by atoms with van der Waals surface area (Å²) in [6.07, 6.45) is 1.80. The molecule has 0 aliphatic heterocycles. The van der Waals surface area contributed by atoms with Crippen LogP contribution in [0.15, 0.2) is 66.8 Å². The second kappa shape index (κ2) is 9.76. The van der Waals surface area contributed by atoms with Crippen molar-refractivity contribution in [2.24, 2.45) is 0 Å². The summed E-state index contributed by atoms with van der Waals surface area (Å²) in [6.45, 7) is 0.573. The van der Waals surface area contributed by atoms with Gasteiger partial charge in [-0.05, 0) is 40.8 Å². The molecular weight excluding hydrogens is 393 g/mol. The van der Waals surface area contributed by atoms with Gasteiger partial charge in [-0.15, -0.1) is 0 Å². The van der Waals surface area contributed by atoms with Gasteiger partial charge in [-0.1, -0.05) is 54.6 Å². The summed E-state index contributed by atoms with van der Waals surface area (Å²) in [5, 5.41) is 0. The Labute approximate surface area is 173 Å². The molecule has 30 heavy (non-hydrogen) atoms. The van der Waals surface area contributed by atoms with Crippen molar-refractivity contribution in [3.63, 3.8) is 0 Å². The van der Waals surface area contributed by atoms with Crippen molar-refractivity contribution in [3.05, 3.63) is 89.0 Å². The van der Waals surface area contributed by atoms with E-state index in [1.54, 1.807) is 31.4 Å². The number of benzene rings is 2. The van der Waals surface area contributed by atoms with Crippen molar-refractivity contribution in [1.82, 2.24) is 0 Å². The van der Waals surface area contributed by atoms with Gasteiger partial charge in [-0.2, -0.15) is 13.2 Å². The Morgan fingerprint density at radius 3 is 2.30 bits per heavy atom. The fourth-order valence-corrected chi connectivity index (χ4v) is 3.30. The highest BCUT2D eigenvalue weighted by Crippen LogP contribution is 2.31. The number of alkyl halides is 3. The highest BCUT2D eigenvalue weighted by atomic mass is 19.4. The maximum Gasteiger partial charge on any atom is 0.393 e. The first kappa shape index (κ1) is 21.8.